The van der Waals surface area contributed by atoms with Crippen molar-refractivity contribution in [1.29, 1.82) is 0 Å². The molecule has 29 heavy (non-hydrogen) atoms. The van der Waals surface area contributed by atoms with Crippen molar-refractivity contribution in [3.63, 3.8) is 0 Å². The molecular formula is C22H26BrNO5. The number of hydrogen-bond donors (Lipinski definition) is 1. The van der Waals surface area contributed by atoms with E-state index in [2.05, 4.69) is 20.8 Å². The number of rotatable bonds is 7. The molecule has 6 nitrogen and oxygen atoms in total. The molecule has 0 amide bonds. The topological polar surface area (TPSA) is 68.2 Å². The number of nitrogens with zero attached hydrogens (tertiary/aromatic N) is 1. The second kappa shape index (κ2) is 9.50. The fourth-order valence-corrected chi connectivity index (χ4v) is 4.44. The third-order valence-corrected chi connectivity index (χ3v) is 5.85. The van der Waals surface area contributed by atoms with Crippen LogP contribution in [0.4, 0.5) is 0 Å². The molecule has 1 saturated heterocycles. The molecule has 1 aliphatic rings. The standard InChI is InChI=1S/C22H26BrNO5/c1-27-18-13-20(29-3)19(28-2)12-16(18)21(14-7-6-8-15(23)11-14)24-10-5-4-9-17(24)22(25)26/h6-8,11-13,17,21H,4-5,9-10H2,1-3H3,(H,25,26). The molecule has 3 rings (SSSR count). The first-order valence-electron chi connectivity index (χ1n) is 9.54. The van der Waals surface area contributed by atoms with Crippen molar-refractivity contribution in [1.82, 2.24) is 4.90 Å². The molecule has 2 aromatic carbocycles. The first-order chi connectivity index (χ1) is 14.0. The lowest BCUT2D eigenvalue weighted by atomic mass is 9.91. The van der Waals surface area contributed by atoms with E-state index in [-0.39, 0.29) is 6.04 Å². The molecule has 1 fully saturated rings. The molecule has 0 aromatic heterocycles. The van der Waals surface area contributed by atoms with Gasteiger partial charge in [-0.15, -0.1) is 0 Å². The van der Waals surface area contributed by atoms with Crippen LogP contribution in [0.2, 0.25) is 0 Å². The van der Waals surface area contributed by atoms with Crippen molar-refractivity contribution in [3.05, 3.63) is 52.0 Å². The number of benzene rings is 2. The zero-order valence-electron chi connectivity index (χ0n) is 16.9. The molecule has 7 heteroatoms. The summed E-state index contributed by atoms with van der Waals surface area (Å²) in [5.74, 6) is 0.966. The summed E-state index contributed by atoms with van der Waals surface area (Å²) in [5.41, 5.74) is 1.83. The number of piperidine rings is 1. The van der Waals surface area contributed by atoms with Crippen LogP contribution in [-0.2, 0) is 4.79 Å². The molecular weight excluding hydrogens is 438 g/mol. The summed E-state index contributed by atoms with van der Waals surface area (Å²) in [6.07, 6.45) is 2.47. The summed E-state index contributed by atoms with van der Waals surface area (Å²) in [7, 11) is 4.77. The van der Waals surface area contributed by atoms with E-state index in [0.717, 1.165) is 28.4 Å². The highest BCUT2D eigenvalue weighted by atomic mass is 79.9. The van der Waals surface area contributed by atoms with Gasteiger partial charge in [-0.1, -0.05) is 34.5 Å². The largest absolute Gasteiger partial charge is 0.496 e. The Morgan fingerprint density at radius 1 is 1.07 bits per heavy atom. The molecule has 0 saturated carbocycles. The molecule has 0 bridgehead atoms. The van der Waals surface area contributed by atoms with Gasteiger partial charge >= 0.3 is 5.97 Å². The molecule has 2 aromatic rings. The molecule has 2 atom stereocenters. The Hall–Kier alpha value is -2.25. The zero-order valence-corrected chi connectivity index (χ0v) is 18.4. The van der Waals surface area contributed by atoms with Gasteiger partial charge in [-0.05, 0) is 43.1 Å². The molecule has 1 aliphatic heterocycles. The van der Waals surface area contributed by atoms with E-state index in [1.165, 1.54) is 0 Å². The van der Waals surface area contributed by atoms with Crippen molar-refractivity contribution in [2.24, 2.45) is 0 Å². The van der Waals surface area contributed by atoms with Crippen molar-refractivity contribution in [2.75, 3.05) is 27.9 Å². The average molecular weight is 464 g/mol. The summed E-state index contributed by atoms with van der Waals surface area (Å²) in [6.45, 7) is 0.686. The Morgan fingerprint density at radius 2 is 1.76 bits per heavy atom. The van der Waals surface area contributed by atoms with Crippen LogP contribution in [0.15, 0.2) is 40.9 Å². The lowest BCUT2D eigenvalue weighted by Gasteiger charge is -2.40. The van der Waals surface area contributed by atoms with Gasteiger partial charge in [-0.3, -0.25) is 9.69 Å². The number of halogens is 1. The lowest BCUT2D eigenvalue weighted by Crippen LogP contribution is -2.46. The van der Waals surface area contributed by atoms with Crippen LogP contribution in [-0.4, -0.2) is 49.9 Å². The minimum atomic E-state index is -0.802. The Bertz CT molecular complexity index is 872. The summed E-state index contributed by atoms with van der Waals surface area (Å²) in [6, 6.07) is 10.8. The van der Waals surface area contributed by atoms with Crippen molar-refractivity contribution in [3.8, 4) is 17.2 Å². The normalized spacial score (nSPS) is 18.1. The SMILES string of the molecule is COc1cc(OC)c(C(c2cccc(Br)c2)N2CCCCC2C(=O)O)cc1OC. The van der Waals surface area contributed by atoms with Gasteiger partial charge in [0.1, 0.15) is 11.8 Å². The van der Waals surface area contributed by atoms with Crippen LogP contribution in [0, 0.1) is 0 Å². The Labute approximate surface area is 179 Å². The number of methoxy groups -OCH3 is 3. The summed E-state index contributed by atoms with van der Waals surface area (Å²) >= 11 is 3.55. The first kappa shape index (κ1) is 21.5. The molecule has 0 aliphatic carbocycles. The van der Waals surface area contributed by atoms with Crippen LogP contribution >= 0.6 is 15.9 Å². The van der Waals surface area contributed by atoms with Crippen LogP contribution in [0.1, 0.15) is 36.4 Å². The Balaban J connectivity index is 2.22. The lowest BCUT2D eigenvalue weighted by molar-refractivity contribution is -0.145. The number of ether oxygens (including phenoxy) is 3. The van der Waals surface area contributed by atoms with E-state index in [4.69, 9.17) is 14.2 Å². The fourth-order valence-electron chi connectivity index (χ4n) is 4.02. The monoisotopic (exact) mass is 463 g/mol. The minimum absolute atomic E-state index is 0.302. The minimum Gasteiger partial charge on any atom is -0.496 e. The second-order valence-corrected chi connectivity index (χ2v) is 7.91. The highest BCUT2D eigenvalue weighted by molar-refractivity contribution is 9.10. The number of likely N-dealkylation sites (tertiary alicyclic amines) is 1. The van der Waals surface area contributed by atoms with E-state index >= 15 is 0 Å². The summed E-state index contributed by atoms with van der Waals surface area (Å²) < 4.78 is 17.6. The smallest absolute Gasteiger partial charge is 0.320 e. The fraction of sp³-hybridized carbons (Fsp3) is 0.409. The maximum absolute atomic E-state index is 12.0. The van der Waals surface area contributed by atoms with E-state index in [0.29, 0.717) is 30.2 Å². The molecule has 156 valence electrons. The van der Waals surface area contributed by atoms with Gasteiger partial charge in [0.25, 0.3) is 0 Å². The maximum atomic E-state index is 12.0. The average Bonchev–Trinajstić information content (AvgIpc) is 2.73. The third-order valence-electron chi connectivity index (χ3n) is 5.36. The quantitative estimate of drug-likeness (QED) is 0.651. The van der Waals surface area contributed by atoms with Gasteiger partial charge in [0.15, 0.2) is 11.5 Å². The van der Waals surface area contributed by atoms with E-state index in [9.17, 15) is 9.90 Å². The van der Waals surface area contributed by atoms with Gasteiger partial charge in [0.05, 0.1) is 27.4 Å². The van der Waals surface area contributed by atoms with Gasteiger partial charge in [0.2, 0.25) is 0 Å². The van der Waals surface area contributed by atoms with Crippen molar-refractivity contribution in [2.45, 2.75) is 31.3 Å². The molecule has 1 heterocycles. The number of hydrogen-bond acceptors (Lipinski definition) is 5. The summed E-state index contributed by atoms with van der Waals surface area (Å²) in [5, 5.41) is 9.89. The van der Waals surface area contributed by atoms with Gasteiger partial charge in [0, 0.05) is 16.1 Å². The molecule has 2 unspecified atom stereocenters. The van der Waals surface area contributed by atoms with Crippen LogP contribution in [0.5, 0.6) is 17.2 Å². The molecule has 1 N–H and O–H groups in total. The maximum Gasteiger partial charge on any atom is 0.320 e. The van der Waals surface area contributed by atoms with Crippen LogP contribution in [0.25, 0.3) is 0 Å². The predicted octanol–water partition coefficient (Wildman–Crippen LogP) is 4.50. The summed E-state index contributed by atoms with van der Waals surface area (Å²) in [4.78, 5) is 14.1. The van der Waals surface area contributed by atoms with Gasteiger partial charge in [-0.2, -0.15) is 0 Å². The zero-order chi connectivity index (χ0) is 21.0. The van der Waals surface area contributed by atoms with Crippen molar-refractivity contribution < 1.29 is 24.1 Å². The number of carboxylic acid groups (broad SMARTS) is 1. The number of carbonyl (C=O) groups is 1. The molecule has 0 radical (unpaired) electrons. The van der Waals surface area contributed by atoms with Crippen molar-refractivity contribution >= 4 is 21.9 Å². The van der Waals surface area contributed by atoms with Gasteiger partial charge < -0.3 is 19.3 Å². The second-order valence-electron chi connectivity index (χ2n) is 6.99. The van der Waals surface area contributed by atoms with Crippen LogP contribution < -0.4 is 14.2 Å². The predicted molar refractivity (Wildman–Crippen MR) is 114 cm³/mol. The Morgan fingerprint density at radius 3 is 2.38 bits per heavy atom. The highest BCUT2D eigenvalue weighted by Crippen LogP contribution is 2.43. The first-order valence-corrected chi connectivity index (χ1v) is 10.3. The molecule has 0 spiro atoms. The third kappa shape index (κ3) is 4.51. The highest BCUT2D eigenvalue weighted by Gasteiger charge is 2.37. The number of carboxylic acids is 1. The van der Waals surface area contributed by atoms with Gasteiger partial charge in [-0.25, -0.2) is 0 Å². The number of aliphatic carboxylic acids is 1. The van der Waals surface area contributed by atoms with E-state index in [1.54, 1.807) is 27.4 Å². The van der Waals surface area contributed by atoms with E-state index < -0.39 is 12.0 Å². The Kier molecular flexibility index (Phi) is 7.03. The van der Waals surface area contributed by atoms with Crippen LogP contribution in [0.3, 0.4) is 0 Å². The van der Waals surface area contributed by atoms with E-state index in [1.807, 2.05) is 30.3 Å².